The van der Waals surface area contributed by atoms with Crippen LogP contribution in [0.25, 0.3) is 0 Å². The van der Waals surface area contributed by atoms with Gasteiger partial charge in [-0.3, -0.25) is 14.4 Å². The van der Waals surface area contributed by atoms with E-state index in [4.69, 9.17) is 4.74 Å². The Morgan fingerprint density at radius 3 is 1.86 bits per heavy atom. The quantitative estimate of drug-likeness (QED) is 0.195. The highest BCUT2D eigenvalue weighted by molar-refractivity contribution is 7.93. The Balaban J connectivity index is 0.00000103. The predicted octanol–water partition coefficient (Wildman–Crippen LogP) is 2.62. The summed E-state index contributed by atoms with van der Waals surface area (Å²) in [4.78, 5) is 65.4. The number of nitrogens with zero attached hydrogens (tertiary/aromatic N) is 1. The zero-order chi connectivity index (χ0) is 36.5. The molecule has 4 amide bonds. The van der Waals surface area contributed by atoms with Crippen molar-refractivity contribution >= 4 is 39.6 Å². The number of rotatable bonds is 14. The van der Waals surface area contributed by atoms with Gasteiger partial charge in [-0.1, -0.05) is 97.6 Å². The Bertz CT molecular complexity index is 1690. The average molecular weight is 707 g/mol. The number of aliphatic carboxylic acids is 1. The van der Waals surface area contributed by atoms with E-state index in [1.54, 1.807) is 48.5 Å². The summed E-state index contributed by atoms with van der Waals surface area (Å²) >= 11 is 0. The van der Waals surface area contributed by atoms with Crippen molar-refractivity contribution in [3.63, 3.8) is 0 Å². The third-order valence-electron chi connectivity index (χ3n) is 7.59. The molecule has 3 aromatic carbocycles. The topological polar surface area (TPSA) is 188 Å². The lowest BCUT2D eigenvalue weighted by Crippen LogP contribution is -2.56. The van der Waals surface area contributed by atoms with Crippen molar-refractivity contribution in [1.29, 1.82) is 0 Å². The fourth-order valence-corrected chi connectivity index (χ4v) is 5.01. The number of benzene rings is 3. The van der Waals surface area contributed by atoms with Gasteiger partial charge in [0.1, 0.15) is 31.3 Å². The molecule has 0 aliphatic carbocycles. The SMILES string of the molecule is C=CS(C)(=O)=O.O=C(NCC(=O)N1CCCC1C(=O)NC(Cc1ccccc1)C(=O)NC(Cc1ccccc1)C(=O)O)OCc1ccccc1. The fourth-order valence-electron chi connectivity index (χ4n) is 5.01. The predicted molar refractivity (Wildman–Crippen MR) is 186 cm³/mol. The summed E-state index contributed by atoms with van der Waals surface area (Å²) in [6, 6.07) is 23.9. The molecule has 14 heteroatoms. The Kier molecular flexibility index (Phi) is 15.2. The van der Waals surface area contributed by atoms with Gasteiger partial charge >= 0.3 is 12.1 Å². The highest BCUT2D eigenvalue weighted by Crippen LogP contribution is 2.18. The monoisotopic (exact) mass is 706 g/mol. The number of carbonyl (C=O) groups is 5. The molecule has 0 saturated carbocycles. The molecule has 50 heavy (non-hydrogen) atoms. The lowest BCUT2D eigenvalue weighted by Gasteiger charge is -2.27. The van der Waals surface area contributed by atoms with Crippen molar-refractivity contribution in [2.45, 2.75) is 50.4 Å². The van der Waals surface area contributed by atoms with Gasteiger partial charge in [0.25, 0.3) is 0 Å². The first kappa shape index (κ1) is 38.9. The van der Waals surface area contributed by atoms with Gasteiger partial charge in [0.15, 0.2) is 9.84 Å². The van der Waals surface area contributed by atoms with E-state index in [-0.39, 0.29) is 26.0 Å². The van der Waals surface area contributed by atoms with Gasteiger partial charge in [0, 0.05) is 31.1 Å². The minimum Gasteiger partial charge on any atom is -0.480 e. The van der Waals surface area contributed by atoms with Gasteiger partial charge in [-0.2, -0.15) is 0 Å². The number of sulfone groups is 1. The van der Waals surface area contributed by atoms with Gasteiger partial charge in [-0.15, -0.1) is 0 Å². The minimum atomic E-state index is -2.90. The summed E-state index contributed by atoms with van der Waals surface area (Å²) in [7, 11) is -2.90. The normalized spacial score (nSPS) is 14.9. The first-order chi connectivity index (χ1) is 23.9. The summed E-state index contributed by atoms with van der Waals surface area (Å²) in [5.74, 6) is -2.84. The van der Waals surface area contributed by atoms with E-state index in [2.05, 4.69) is 22.5 Å². The number of ether oxygens (including phenoxy) is 1. The molecule has 266 valence electrons. The highest BCUT2D eigenvalue weighted by Gasteiger charge is 2.36. The van der Waals surface area contributed by atoms with Crippen LogP contribution in [0.2, 0.25) is 0 Å². The van der Waals surface area contributed by atoms with Crippen LogP contribution >= 0.6 is 0 Å². The maximum Gasteiger partial charge on any atom is 0.407 e. The number of alkyl carbamates (subject to hydrolysis) is 1. The average Bonchev–Trinajstić information content (AvgIpc) is 3.61. The van der Waals surface area contributed by atoms with Crippen LogP contribution in [-0.4, -0.2) is 85.7 Å². The smallest absolute Gasteiger partial charge is 0.407 e. The Hall–Kier alpha value is -5.50. The number of carboxylic acids is 1. The van der Waals surface area contributed by atoms with Crippen LogP contribution in [0.3, 0.4) is 0 Å². The molecular weight excluding hydrogens is 664 g/mol. The van der Waals surface area contributed by atoms with Crippen molar-refractivity contribution in [3.05, 3.63) is 120 Å². The minimum absolute atomic E-state index is 0.0502. The van der Waals surface area contributed by atoms with Gasteiger partial charge in [0.05, 0.1) is 0 Å². The standard InChI is InChI=1S/C33H36N4O7.C3H6O2S/c38-29(21-34-33(43)44-22-25-15-8-3-9-16-25)37-18-10-17-28(37)31(40)35-26(19-23-11-4-1-5-12-23)30(39)36-27(32(41)42)20-24-13-6-2-7-14-24;1-3-6(2,4)5/h1-9,11-16,26-28H,10,17-22H2,(H,34,43)(H,35,40)(H,36,39)(H,41,42);3H,1H2,2H3. The van der Waals surface area contributed by atoms with Crippen LogP contribution in [-0.2, 0) is 53.2 Å². The molecule has 3 unspecified atom stereocenters. The van der Waals surface area contributed by atoms with Crippen LogP contribution in [0.4, 0.5) is 4.79 Å². The summed E-state index contributed by atoms with van der Waals surface area (Å²) in [6.07, 6.45) is 1.47. The molecule has 1 heterocycles. The lowest BCUT2D eigenvalue weighted by molar-refractivity contribution is -0.142. The largest absolute Gasteiger partial charge is 0.480 e. The van der Waals surface area contributed by atoms with Crippen molar-refractivity contribution in [2.75, 3.05) is 19.3 Å². The van der Waals surface area contributed by atoms with E-state index in [1.807, 2.05) is 42.5 Å². The van der Waals surface area contributed by atoms with Gasteiger partial charge in [-0.25, -0.2) is 18.0 Å². The summed E-state index contributed by atoms with van der Waals surface area (Å²) in [5.41, 5.74) is 2.30. The highest BCUT2D eigenvalue weighted by atomic mass is 32.2. The Morgan fingerprint density at radius 2 is 1.36 bits per heavy atom. The van der Waals surface area contributed by atoms with E-state index in [0.29, 0.717) is 19.4 Å². The molecule has 0 radical (unpaired) electrons. The number of hydrogen-bond donors (Lipinski definition) is 4. The summed E-state index contributed by atoms with van der Waals surface area (Å²) in [6.45, 7) is 3.05. The third-order valence-corrected chi connectivity index (χ3v) is 8.19. The third kappa shape index (κ3) is 13.5. The maximum absolute atomic E-state index is 13.5. The fraction of sp³-hybridized carbons (Fsp3) is 0.306. The molecule has 0 aromatic heterocycles. The second-order valence-corrected chi connectivity index (χ2v) is 13.5. The van der Waals surface area contributed by atoms with Crippen LogP contribution < -0.4 is 16.0 Å². The van der Waals surface area contributed by atoms with Crippen molar-refractivity contribution in [3.8, 4) is 0 Å². The van der Waals surface area contributed by atoms with Crippen LogP contribution in [0.1, 0.15) is 29.5 Å². The van der Waals surface area contributed by atoms with E-state index >= 15 is 0 Å². The van der Waals surface area contributed by atoms with Crippen molar-refractivity contribution in [2.24, 2.45) is 0 Å². The van der Waals surface area contributed by atoms with Crippen LogP contribution in [0.15, 0.2) is 103 Å². The maximum atomic E-state index is 13.5. The molecule has 1 aliphatic rings. The van der Waals surface area contributed by atoms with Crippen LogP contribution in [0.5, 0.6) is 0 Å². The second kappa shape index (κ2) is 19.5. The number of nitrogens with one attached hydrogen (secondary N) is 3. The number of carbonyl (C=O) groups excluding carboxylic acids is 4. The molecule has 3 atom stereocenters. The van der Waals surface area contributed by atoms with Gasteiger partial charge in [0.2, 0.25) is 17.7 Å². The second-order valence-electron chi connectivity index (χ2n) is 11.5. The number of amides is 4. The first-order valence-corrected chi connectivity index (χ1v) is 17.8. The molecule has 3 aromatic rings. The molecule has 1 aliphatic heterocycles. The molecule has 1 fully saturated rings. The Morgan fingerprint density at radius 1 is 0.860 bits per heavy atom. The van der Waals surface area contributed by atoms with E-state index in [9.17, 15) is 37.5 Å². The lowest BCUT2D eigenvalue weighted by atomic mass is 10.0. The Labute approximate surface area is 291 Å². The molecule has 1 saturated heterocycles. The van der Waals surface area contributed by atoms with E-state index in [1.165, 1.54) is 4.90 Å². The summed E-state index contributed by atoms with van der Waals surface area (Å²) < 4.78 is 24.9. The zero-order valence-corrected chi connectivity index (χ0v) is 28.5. The molecule has 13 nitrogen and oxygen atoms in total. The summed E-state index contributed by atoms with van der Waals surface area (Å²) in [5, 5.41) is 18.5. The van der Waals surface area contributed by atoms with Gasteiger partial charge in [-0.05, 0) is 29.5 Å². The number of carboxylic acid groups (broad SMARTS) is 1. The molecular formula is C36H42N4O9S. The molecule has 4 N–H and O–H groups in total. The van der Waals surface area contributed by atoms with E-state index in [0.717, 1.165) is 28.4 Å². The molecule has 0 bridgehead atoms. The van der Waals surface area contributed by atoms with Gasteiger partial charge < -0.3 is 30.7 Å². The van der Waals surface area contributed by atoms with Crippen molar-refractivity contribution in [1.82, 2.24) is 20.9 Å². The first-order valence-electron chi connectivity index (χ1n) is 15.8. The van der Waals surface area contributed by atoms with E-state index < -0.39 is 57.7 Å². The number of likely N-dealkylation sites (tertiary alicyclic amines) is 1. The molecule has 0 spiro atoms. The zero-order valence-electron chi connectivity index (χ0n) is 27.7. The van der Waals surface area contributed by atoms with Crippen molar-refractivity contribution < 1.29 is 42.2 Å². The molecule has 4 rings (SSSR count). The number of hydrogen-bond acceptors (Lipinski definition) is 8. The van der Waals surface area contributed by atoms with Crippen LogP contribution in [0, 0.1) is 0 Å².